The van der Waals surface area contributed by atoms with Crippen molar-refractivity contribution in [2.75, 3.05) is 11.1 Å². The fraction of sp³-hybridized carbons (Fsp3) is 0.333. The number of benzene rings is 3. The number of carbonyl (C=O) groups excluding carboxylic acids is 2. The monoisotopic (exact) mass is 565 g/mol. The summed E-state index contributed by atoms with van der Waals surface area (Å²) < 4.78 is 10.3. The molecule has 0 heterocycles. The van der Waals surface area contributed by atoms with Gasteiger partial charge in [0.1, 0.15) is 16.9 Å². The van der Waals surface area contributed by atoms with Gasteiger partial charge in [0.2, 0.25) is 0 Å². The normalized spacial score (nSPS) is 10.9. The number of nitrogen functional groups attached to an aromatic ring is 1. The van der Waals surface area contributed by atoms with Crippen LogP contribution in [0, 0.1) is 10.1 Å². The van der Waals surface area contributed by atoms with Crippen LogP contribution in [0.25, 0.3) is 0 Å². The standard InChI is InChI=1S/C18H21N3O4.C12H18N2O2/c1-18(2,3)25-17(22)19-12-13-8-10-14(11-9-13)20-15-6-4-5-7-16(15)21(23)24;1-12(2,3)16-11(15)14-8-9-4-6-10(13)7-5-9/h4-11,20H,12H2,1-3H3,(H,19,22);4-7H,8,13H2,1-3H3,(H,14,15). The molecule has 11 nitrogen and oxygen atoms in total. The van der Waals surface area contributed by atoms with Crippen molar-refractivity contribution in [1.29, 1.82) is 0 Å². The lowest BCUT2D eigenvalue weighted by atomic mass is 10.2. The molecule has 0 bridgehead atoms. The molecule has 5 N–H and O–H groups in total. The molecule has 0 fully saturated rings. The Morgan fingerprint density at radius 1 is 0.756 bits per heavy atom. The van der Waals surface area contributed by atoms with E-state index in [-0.39, 0.29) is 5.69 Å². The number of nitrogens with one attached hydrogen (secondary N) is 3. The lowest BCUT2D eigenvalue weighted by molar-refractivity contribution is -0.383. The lowest BCUT2D eigenvalue weighted by Crippen LogP contribution is -2.32. The van der Waals surface area contributed by atoms with E-state index in [0.29, 0.717) is 24.5 Å². The van der Waals surface area contributed by atoms with Gasteiger partial charge >= 0.3 is 12.2 Å². The van der Waals surface area contributed by atoms with E-state index in [9.17, 15) is 19.7 Å². The Kier molecular flexibility index (Phi) is 11.5. The van der Waals surface area contributed by atoms with Gasteiger partial charge in [-0.3, -0.25) is 10.1 Å². The molecule has 0 unspecified atom stereocenters. The van der Waals surface area contributed by atoms with Gasteiger partial charge in [-0.1, -0.05) is 36.4 Å². The van der Waals surface area contributed by atoms with Crippen LogP contribution in [0.3, 0.4) is 0 Å². The van der Waals surface area contributed by atoms with Gasteiger partial charge in [-0.2, -0.15) is 0 Å². The van der Waals surface area contributed by atoms with Crippen LogP contribution >= 0.6 is 0 Å². The molecule has 0 atom stereocenters. The third kappa shape index (κ3) is 13.2. The summed E-state index contributed by atoms with van der Waals surface area (Å²) in [6, 6.07) is 21.0. The van der Waals surface area contributed by atoms with E-state index in [1.807, 2.05) is 45.0 Å². The summed E-state index contributed by atoms with van der Waals surface area (Å²) in [6.07, 6.45) is -0.890. The Morgan fingerprint density at radius 2 is 1.20 bits per heavy atom. The van der Waals surface area contributed by atoms with Crippen molar-refractivity contribution in [2.24, 2.45) is 0 Å². The molecular weight excluding hydrogens is 526 g/mol. The third-order valence-electron chi connectivity index (χ3n) is 4.98. The highest BCUT2D eigenvalue weighted by molar-refractivity contribution is 5.70. The van der Waals surface area contributed by atoms with Gasteiger partial charge in [0.15, 0.2) is 0 Å². The molecule has 3 aromatic carbocycles. The van der Waals surface area contributed by atoms with Gasteiger partial charge in [-0.15, -0.1) is 0 Å². The van der Waals surface area contributed by atoms with Gasteiger partial charge < -0.3 is 31.2 Å². The van der Waals surface area contributed by atoms with Crippen molar-refractivity contribution in [3.63, 3.8) is 0 Å². The summed E-state index contributed by atoms with van der Waals surface area (Å²) in [4.78, 5) is 33.6. The van der Waals surface area contributed by atoms with Crippen molar-refractivity contribution >= 4 is 34.9 Å². The number of anilines is 3. The molecule has 0 saturated heterocycles. The van der Waals surface area contributed by atoms with Crippen molar-refractivity contribution in [3.05, 3.63) is 94.0 Å². The molecule has 0 aliphatic heterocycles. The van der Waals surface area contributed by atoms with Crippen molar-refractivity contribution in [1.82, 2.24) is 10.6 Å². The first kappa shape index (κ1) is 32.4. The number of nitro groups is 1. The Morgan fingerprint density at radius 3 is 1.63 bits per heavy atom. The Hall–Kier alpha value is -4.80. The molecule has 220 valence electrons. The minimum absolute atomic E-state index is 0.0122. The Labute approximate surface area is 240 Å². The number of carbonyl (C=O) groups is 2. The van der Waals surface area contributed by atoms with Gasteiger partial charge in [-0.05, 0) is 83.0 Å². The van der Waals surface area contributed by atoms with Crippen LogP contribution in [0.4, 0.5) is 32.3 Å². The molecule has 0 spiro atoms. The topological polar surface area (TPSA) is 158 Å². The van der Waals surface area contributed by atoms with Crippen molar-refractivity contribution in [2.45, 2.75) is 65.8 Å². The van der Waals surface area contributed by atoms with E-state index in [1.54, 1.807) is 63.2 Å². The zero-order chi connectivity index (χ0) is 30.6. The minimum atomic E-state index is -0.539. The average molecular weight is 566 g/mol. The third-order valence-corrected chi connectivity index (χ3v) is 4.98. The largest absolute Gasteiger partial charge is 0.444 e. The van der Waals surface area contributed by atoms with E-state index in [4.69, 9.17) is 15.2 Å². The number of hydrogen-bond acceptors (Lipinski definition) is 8. The van der Waals surface area contributed by atoms with Crippen LogP contribution in [0.15, 0.2) is 72.8 Å². The summed E-state index contributed by atoms with van der Waals surface area (Å²) in [5.41, 5.74) is 8.28. The molecular formula is C30H39N5O6. The molecule has 3 aromatic rings. The van der Waals surface area contributed by atoms with Crippen LogP contribution < -0.4 is 21.7 Å². The highest BCUT2D eigenvalue weighted by Gasteiger charge is 2.17. The number of ether oxygens (including phenoxy) is 2. The van der Waals surface area contributed by atoms with Gasteiger partial charge in [0, 0.05) is 30.5 Å². The average Bonchev–Trinajstić information content (AvgIpc) is 2.86. The number of amides is 2. The van der Waals surface area contributed by atoms with E-state index in [2.05, 4.69) is 16.0 Å². The van der Waals surface area contributed by atoms with E-state index < -0.39 is 28.3 Å². The molecule has 3 rings (SSSR count). The Balaban J connectivity index is 0.000000317. The molecule has 0 saturated carbocycles. The molecule has 41 heavy (non-hydrogen) atoms. The van der Waals surface area contributed by atoms with Gasteiger partial charge in [0.05, 0.1) is 4.92 Å². The summed E-state index contributed by atoms with van der Waals surface area (Å²) >= 11 is 0. The smallest absolute Gasteiger partial charge is 0.407 e. The number of rotatable bonds is 7. The second-order valence-corrected chi connectivity index (χ2v) is 11.0. The van der Waals surface area contributed by atoms with Crippen LogP contribution in [0.1, 0.15) is 52.7 Å². The highest BCUT2D eigenvalue weighted by Crippen LogP contribution is 2.27. The van der Waals surface area contributed by atoms with E-state index >= 15 is 0 Å². The Bertz CT molecular complexity index is 1300. The summed E-state index contributed by atoms with van der Waals surface area (Å²) in [6.45, 7) is 11.7. The summed E-state index contributed by atoms with van der Waals surface area (Å²) in [5, 5.41) is 19.4. The number of para-hydroxylation sites is 2. The van der Waals surface area contributed by atoms with E-state index in [0.717, 1.165) is 16.8 Å². The SMILES string of the molecule is CC(C)(C)OC(=O)NCc1ccc(N)cc1.CC(C)(C)OC(=O)NCc1ccc(Nc2ccccc2[N+](=O)[O-])cc1. The van der Waals surface area contributed by atoms with Crippen LogP contribution in [-0.4, -0.2) is 28.3 Å². The second-order valence-electron chi connectivity index (χ2n) is 11.0. The minimum Gasteiger partial charge on any atom is -0.444 e. The van der Waals surface area contributed by atoms with Gasteiger partial charge in [-0.25, -0.2) is 9.59 Å². The van der Waals surface area contributed by atoms with Crippen molar-refractivity contribution in [3.8, 4) is 0 Å². The number of nitrogens with zero attached hydrogens (tertiary/aromatic N) is 1. The van der Waals surface area contributed by atoms with Crippen molar-refractivity contribution < 1.29 is 24.0 Å². The van der Waals surface area contributed by atoms with Crippen LogP contribution in [-0.2, 0) is 22.6 Å². The summed E-state index contributed by atoms with van der Waals surface area (Å²) in [7, 11) is 0. The molecule has 2 amide bonds. The highest BCUT2D eigenvalue weighted by atomic mass is 16.6. The maximum absolute atomic E-state index is 11.6. The first-order chi connectivity index (χ1) is 19.1. The summed E-state index contributed by atoms with van der Waals surface area (Å²) in [5.74, 6) is 0. The number of nitrogens with two attached hydrogens (primary N) is 1. The molecule has 11 heteroatoms. The predicted molar refractivity (Wildman–Crippen MR) is 160 cm³/mol. The zero-order valence-corrected chi connectivity index (χ0v) is 24.3. The molecule has 0 aliphatic carbocycles. The zero-order valence-electron chi connectivity index (χ0n) is 24.3. The first-order valence-corrected chi connectivity index (χ1v) is 13.0. The molecule has 0 aliphatic rings. The fourth-order valence-corrected chi connectivity index (χ4v) is 3.21. The van der Waals surface area contributed by atoms with Crippen LogP contribution in [0.2, 0.25) is 0 Å². The van der Waals surface area contributed by atoms with Gasteiger partial charge in [0.25, 0.3) is 5.69 Å². The van der Waals surface area contributed by atoms with Crippen LogP contribution in [0.5, 0.6) is 0 Å². The number of alkyl carbamates (subject to hydrolysis) is 2. The molecule has 0 radical (unpaired) electrons. The predicted octanol–water partition coefficient (Wildman–Crippen LogP) is 6.66. The maximum atomic E-state index is 11.6. The second kappa shape index (κ2) is 14.5. The number of hydrogen-bond donors (Lipinski definition) is 4. The van der Waals surface area contributed by atoms with E-state index in [1.165, 1.54) is 6.07 Å². The maximum Gasteiger partial charge on any atom is 0.407 e. The first-order valence-electron chi connectivity index (χ1n) is 13.0. The lowest BCUT2D eigenvalue weighted by Gasteiger charge is -2.19. The molecule has 0 aromatic heterocycles. The quantitative estimate of drug-likeness (QED) is 0.141. The fourth-order valence-electron chi connectivity index (χ4n) is 3.21. The number of nitro benzene ring substituents is 1.